The van der Waals surface area contributed by atoms with Crippen LogP contribution in [0.1, 0.15) is 27.0 Å². The highest BCUT2D eigenvalue weighted by atomic mass is 32.1. The van der Waals surface area contributed by atoms with Crippen molar-refractivity contribution in [1.29, 1.82) is 0 Å². The second-order valence-corrected chi connectivity index (χ2v) is 7.32. The first-order chi connectivity index (χ1) is 13.0. The number of hydrogen-bond donors (Lipinski definition) is 1. The van der Waals surface area contributed by atoms with E-state index in [9.17, 15) is 9.59 Å². The number of imidazole rings is 1. The molecule has 4 aromatic rings. The van der Waals surface area contributed by atoms with Gasteiger partial charge in [0.25, 0.3) is 5.91 Å². The Hall–Kier alpha value is -3.25. The zero-order valence-electron chi connectivity index (χ0n) is 14.9. The number of nitrogens with zero attached hydrogens (tertiary/aromatic N) is 2. The van der Waals surface area contributed by atoms with Crippen molar-refractivity contribution in [2.45, 2.75) is 6.92 Å². The second-order valence-electron chi connectivity index (χ2n) is 6.24. The number of benzene rings is 2. The number of aromatic nitrogens is 2. The van der Waals surface area contributed by atoms with Crippen LogP contribution in [-0.2, 0) is 7.05 Å². The number of carbonyl (C=O) groups is 2. The molecule has 0 saturated heterocycles. The molecule has 0 fully saturated rings. The molecule has 2 aromatic heterocycles. The number of fused-ring (bicyclic) bond motifs is 1. The summed E-state index contributed by atoms with van der Waals surface area (Å²) in [6.45, 7) is 1.50. The van der Waals surface area contributed by atoms with E-state index in [1.807, 2.05) is 41.9 Å². The minimum Gasteiger partial charge on any atom is -0.326 e. The van der Waals surface area contributed by atoms with Crippen LogP contribution in [0.2, 0.25) is 0 Å². The van der Waals surface area contributed by atoms with Crippen LogP contribution in [0.5, 0.6) is 0 Å². The highest BCUT2D eigenvalue weighted by molar-refractivity contribution is 7.17. The lowest BCUT2D eigenvalue weighted by Gasteiger charge is -2.05. The van der Waals surface area contributed by atoms with Gasteiger partial charge in [-0.25, -0.2) is 4.98 Å². The molecule has 0 aliphatic rings. The van der Waals surface area contributed by atoms with E-state index in [1.165, 1.54) is 18.3 Å². The lowest BCUT2D eigenvalue weighted by Crippen LogP contribution is -2.10. The van der Waals surface area contributed by atoms with Gasteiger partial charge in [0, 0.05) is 18.3 Å². The van der Waals surface area contributed by atoms with Crippen LogP contribution >= 0.6 is 11.3 Å². The molecule has 6 heteroatoms. The molecular formula is C21H17N3O2S. The number of nitrogens with one attached hydrogen (secondary N) is 1. The molecule has 134 valence electrons. The number of aryl methyl sites for hydroxylation is 1. The third kappa shape index (κ3) is 3.27. The molecule has 0 unspecified atom stereocenters. The van der Waals surface area contributed by atoms with E-state index in [1.54, 1.807) is 30.3 Å². The zero-order valence-corrected chi connectivity index (χ0v) is 15.7. The number of para-hydroxylation sites is 2. The summed E-state index contributed by atoms with van der Waals surface area (Å²) in [4.78, 5) is 30.3. The molecule has 5 nitrogen and oxygen atoms in total. The average molecular weight is 375 g/mol. The summed E-state index contributed by atoms with van der Waals surface area (Å²) >= 11 is 1.39. The molecular weight excluding hydrogens is 358 g/mol. The first-order valence-electron chi connectivity index (χ1n) is 8.47. The standard InChI is InChI=1S/C21H17N3O2S/c1-13(25)14-6-5-7-15(12-14)22-21(26)19-11-10-18(27-19)20-23-16-8-3-4-9-17(16)24(20)2/h3-12H,1-2H3,(H,22,26). The summed E-state index contributed by atoms with van der Waals surface area (Å²) in [7, 11) is 1.97. The van der Waals surface area contributed by atoms with Crippen molar-refractivity contribution in [2.24, 2.45) is 7.05 Å². The van der Waals surface area contributed by atoms with Crippen LogP contribution in [0.15, 0.2) is 60.7 Å². The van der Waals surface area contributed by atoms with Gasteiger partial charge in [0.15, 0.2) is 11.6 Å². The van der Waals surface area contributed by atoms with Crippen molar-refractivity contribution in [2.75, 3.05) is 5.32 Å². The van der Waals surface area contributed by atoms with Gasteiger partial charge in [0.05, 0.1) is 20.8 Å². The molecule has 0 spiro atoms. The Morgan fingerprint density at radius 1 is 1.04 bits per heavy atom. The maximum Gasteiger partial charge on any atom is 0.265 e. The van der Waals surface area contributed by atoms with Gasteiger partial charge >= 0.3 is 0 Å². The molecule has 0 saturated carbocycles. The largest absolute Gasteiger partial charge is 0.326 e. The smallest absolute Gasteiger partial charge is 0.265 e. The number of hydrogen-bond acceptors (Lipinski definition) is 4. The molecule has 1 amide bonds. The SMILES string of the molecule is CC(=O)c1cccc(NC(=O)c2ccc(-c3nc4ccccc4n3C)s2)c1. The minimum atomic E-state index is -0.203. The van der Waals surface area contributed by atoms with E-state index in [0.717, 1.165) is 21.7 Å². The van der Waals surface area contributed by atoms with Crippen LogP contribution in [0.25, 0.3) is 21.7 Å². The Morgan fingerprint density at radius 2 is 1.85 bits per heavy atom. The number of carbonyl (C=O) groups excluding carboxylic acids is 2. The third-order valence-corrected chi connectivity index (χ3v) is 5.44. The van der Waals surface area contributed by atoms with Crippen LogP contribution in [0.3, 0.4) is 0 Å². The van der Waals surface area contributed by atoms with Gasteiger partial charge in [0.2, 0.25) is 0 Å². The highest BCUT2D eigenvalue weighted by Crippen LogP contribution is 2.30. The van der Waals surface area contributed by atoms with Crippen LogP contribution < -0.4 is 5.32 Å². The molecule has 2 aromatic carbocycles. The Labute approximate surface area is 160 Å². The molecule has 0 aliphatic carbocycles. The molecule has 0 atom stereocenters. The van der Waals surface area contributed by atoms with Crippen LogP contribution in [0, 0.1) is 0 Å². The van der Waals surface area contributed by atoms with Crippen molar-refractivity contribution in [3.63, 3.8) is 0 Å². The first-order valence-corrected chi connectivity index (χ1v) is 9.28. The Balaban J connectivity index is 1.60. The molecule has 27 heavy (non-hydrogen) atoms. The van der Waals surface area contributed by atoms with E-state index >= 15 is 0 Å². The number of ketones is 1. The van der Waals surface area contributed by atoms with Gasteiger partial charge in [-0.15, -0.1) is 11.3 Å². The second kappa shape index (κ2) is 6.81. The van der Waals surface area contributed by atoms with Gasteiger partial charge in [-0.1, -0.05) is 24.3 Å². The van der Waals surface area contributed by atoms with E-state index in [-0.39, 0.29) is 11.7 Å². The van der Waals surface area contributed by atoms with E-state index in [0.29, 0.717) is 16.1 Å². The molecule has 2 heterocycles. The first kappa shape index (κ1) is 17.2. The van der Waals surface area contributed by atoms with Gasteiger partial charge in [-0.2, -0.15) is 0 Å². The molecule has 0 radical (unpaired) electrons. The van der Waals surface area contributed by atoms with Crippen molar-refractivity contribution in [3.05, 3.63) is 71.1 Å². The van der Waals surface area contributed by atoms with Crippen LogP contribution in [-0.4, -0.2) is 21.2 Å². The summed E-state index contributed by atoms with van der Waals surface area (Å²) in [6.07, 6.45) is 0. The monoisotopic (exact) mass is 375 g/mol. The molecule has 0 bridgehead atoms. The van der Waals surface area contributed by atoms with Gasteiger partial charge < -0.3 is 9.88 Å². The maximum absolute atomic E-state index is 12.6. The van der Waals surface area contributed by atoms with Crippen LogP contribution in [0.4, 0.5) is 5.69 Å². The number of thiophene rings is 1. The number of Topliss-reactive ketones (excluding diaryl/α,β-unsaturated/α-hetero) is 1. The quantitative estimate of drug-likeness (QED) is 0.523. The molecule has 1 N–H and O–H groups in total. The fourth-order valence-corrected chi connectivity index (χ4v) is 3.88. The highest BCUT2D eigenvalue weighted by Gasteiger charge is 2.15. The van der Waals surface area contributed by atoms with Gasteiger partial charge in [-0.3, -0.25) is 9.59 Å². The van der Waals surface area contributed by atoms with Crippen molar-refractivity contribution in [1.82, 2.24) is 9.55 Å². The predicted octanol–water partition coefficient (Wildman–Crippen LogP) is 4.76. The summed E-state index contributed by atoms with van der Waals surface area (Å²) in [5.74, 6) is 0.593. The Bertz CT molecular complexity index is 1170. The maximum atomic E-state index is 12.6. The number of anilines is 1. The number of amides is 1. The zero-order chi connectivity index (χ0) is 19.0. The van der Waals surface area contributed by atoms with E-state index in [2.05, 4.69) is 10.3 Å². The fraction of sp³-hybridized carbons (Fsp3) is 0.0952. The summed E-state index contributed by atoms with van der Waals surface area (Å²) in [5, 5.41) is 2.85. The average Bonchev–Trinajstić information content (AvgIpc) is 3.27. The topological polar surface area (TPSA) is 64.0 Å². The summed E-state index contributed by atoms with van der Waals surface area (Å²) in [6, 6.07) is 18.6. The van der Waals surface area contributed by atoms with Gasteiger partial charge in [-0.05, 0) is 43.3 Å². The fourth-order valence-electron chi connectivity index (χ4n) is 2.95. The van der Waals surface area contributed by atoms with Crippen molar-refractivity contribution < 1.29 is 9.59 Å². The summed E-state index contributed by atoms with van der Waals surface area (Å²) < 4.78 is 2.03. The molecule has 0 aliphatic heterocycles. The minimum absolute atomic E-state index is 0.0358. The Morgan fingerprint density at radius 3 is 2.63 bits per heavy atom. The normalized spacial score (nSPS) is 10.9. The Kier molecular flexibility index (Phi) is 4.33. The van der Waals surface area contributed by atoms with E-state index in [4.69, 9.17) is 0 Å². The lowest BCUT2D eigenvalue weighted by molar-refractivity contribution is 0.101. The summed E-state index contributed by atoms with van der Waals surface area (Å²) in [5.41, 5.74) is 3.15. The lowest BCUT2D eigenvalue weighted by atomic mass is 10.1. The number of rotatable bonds is 4. The van der Waals surface area contributed by atoms with Crippen molar-refractivity contribution >= 4 is 39.7 Å². The van der Waals surface area contributed by atoms with E-state index < -0.39 is 0 Å². The van der Waals surface area contributed by atoms with Crippen molar-refractivity contribution in [3.8, 4) is 10.7 Å². The molecule has 4 rings (SSSR count). The predicted molar refractivity (Wildman–Crippen MR) is 108 cm³/mol. The third-order valence-electron chi connectivity index (χ3n) is 4.36. The van der Waals surface area contributed by atoms with Gasteiger partial charge in [0.1, 0.15) is 0 Å².